The number of para-hydroxylation sites is 1. The smallest absolute Gasteiger partial charge is 0.257 e. The number of benzene rings is 1. The van der Waals surface area contributed by atoms with Crippen LogP contribution in [-0.2, 0) is 4.79 Å². The van der Waals surface area contributed by atoms with Crippen LogP contribution < -0.4 is 10.1 Å². The van der Waals surface area contributed by atoms with Gasteiger partial charge in [0.05, 0.1) is 5.39 Å². The summed E-state index contributed by atoms with van der Waals surface area (Å²) in [6, 6.07) is 9.10. The quantitative estimate of drug-likeness (QED) is 0.892. The maximum absolute atomic E-state index is 11.5. The van der Waals surface area contributed by atoms with Gasteiger partial charge in [0.25, 0.3) is 5.91 Å². The van der Waals surface area contributed by atoms with Crippen molar-refractivity contribution in [3.63, 3.8) is 0 Å². The molecule has 98 valence electrons. The highest BCUT2D eigenvalue weighted by molar-refractivity contribution is 5.87. The van der Waals surface area contributed by atoms with Gasteiger partial charge in [-0.1, -0.05) is 19.1 Å². The van der Waals surface area contributed by atoms with Gasteiger partial charge in [0.1, 0.15) is 11.7 Å². The van der Waals surface area contributed by atoms with Crippen LogP contribution >= 0.6 is 0 Å². The highest BCUT2D eigenvalue weighted by atomic mass is 16.5. The van der Waals surface area contributed by atoms with Crippen LogP contribution in [0.25, 0.3) is 11.0 Å². The lowest BCUT2D eigenvalue weighted by Crippen LogP contribution is -2.29. The predicted octanol–water partition coefficient (Wildman–Crippen LogP) is 2.21. The van der Waals surface area contributed by atoms with E-state index in [1.807, 2.05) is 25.1 Å². The normalized spacial score (nSPS) is 10.1. The summed E-state index contributed by atoms with van der Waals surface area (Å²) in [5.74, 6) is 0.199. The maximum Gasteiger partial charge on any atom is 0.257 e. The van der Waals surface area contributed by atoms with Crippen LogP contribution in [0.3, 0.4) is 0 Å². The van der Waals surface area contributed by atoms with Crippen LogP contribution in [0.4, 0.5) is 0 Å². The molecule has 0 bridgehead atoms. The molecule has 0 saturated carbocycles. The lowest BCUT2D eigenvalue weighted by Gasteiger charge is -2.05. The van der Waals surface area contributed by atoms with Crippen molar-refractivity contribution in [3.8, 4) is 11.8 Å². The number of nitrogens with zero attached hydrogens (tertiary/aromatic N) is 1. The number of hydrogen-bond acceptors (Lipinski definition) is 4. The molecular formula is C14H14N2O3. The number of nitrogens with one attached hydrogen (secondary N) is 1. The summed E-state index contributed by atoms with van der Waals surface area (Å²) < 4.78 is 10.8. The summed E-state index contributed by atoms with van der Waals surface area (Å²) in [6.45, 7) is 2.45. The molecule has 0 aliphatic rings. The zero-order chi connectivity index (χ0) is 13.7. The molecule has 5 nitrogen and oxygen atoms in total. The maximum atomic E-state index is 11.5. The number of nitriles is 1. The van der Waals surface area contributed by atoms with E-state index < -0.39 is 0 Å². The highest BCUT2D eigenvalue weighted by Gasteiger charge is 2.16. The van der Waals surface area contributed by atoms with Gasteiger partial charge in [-0.2, -0.15) is 5.26 Å². The molecule has 2 aromatic rings. The Balaban J connectivity index is 2.16. The minimum absolute atomic E-state index is 0.0875. The molecule has 19 heavy (non-hydrogen) atoms. The fourth-order valence-corrected chi connectivity index (χ4v) is 1.69. The van der Waals surface area contributed by atoms with Crippen molar-refractivity contribution < 1.29 is 13.9 Å². The Morgan fingerprint density at radius 3 is 3.00 bits per heavy atom. The number of hydrogen-bond donors (Lipinski definition) is 1. The van der Waals surface area contributed by atoms with Crippen molar-refractivity contribution >= 4 is 16.9 Å². The van der Waals surface area contributed by atoms with E-state index in [0.717, 1.165) is 6.42 Å². The molecular weight excluding hydrogens is 244 g/mol. The molecule has 1 amide bonds. The number of carbonyl (C=O) groups is 1. The van der Waals surface area contributed by atoms with E-state index in [0.29, 0.717) is 23.3 Å². The molecule has 5 heteroatoms. The molecule has 0 fully saturated rings. The topological polar surface area (TPSA) is 75.3 Å². The second-order valence-corrected chi connectivity index (χ2v) is 4.01. The number of amides is 1. The molecule has 0 aliphatic carbocycles. The van der Waals surface area contributed by atoms with E-state index >= 15 is 0 Å². The first kappa shape index (κ1) is 13.0. The summed E-state index contributed by atoms with van der Waals surface area (Å²) in [5, 5.41) is 12.4. The van der Waals surface area contributed by atoms with Crippen LogP contribution in [0.5, 0.6) is 5.75 Å². The van der Waals surface area contributed by atoms with Gasteiger partial charge in [-0.3, -0.25) is 4.79 Å². The molecule has 0 unspecified atom stereocenters. The number of rotatable bonds is 5. The summed E-state index contributed by atoms with van der Waals surface area (Å²) in [4.78, 5) is 11.5. The summed E-state index contributed by atoms with van der Waals surface area (Å²) in [5.41, 5.74) is 0.572. The van der Waals surface area contributed by atoms with E-state index in [4.69, 9.17) is 14.4 Å². The van der Waals surface area contributed by atoms with Crippen molar-refractivity contribution in [2.75, 3.05) is 13.2 Å². The molecule has 1 N–H and O–H groups in total. The number of fused-ring (bicyclic) bond motifs is 1. The van der Waals surface area contributed by atoms with Crippen LogP contribution in [0.15, 0.2) is 28.7 Å². The molecule has 0 aliphatic heterocycles. The predicted molar refractivity (Wildman–Crippen MR) is 69.7 cm³/mol. The van der Waals surface area contributed by atoms with Gasteiger partial charge >= 0.3 is 0 Å². The Kier molecular flexibility index (Phi) is 4.04. The minimum Gasteiger partial charge on any atom is -0.478 e. The van der Waals surface area contributed by atoms with E-state index in [9.17, 15) is 4.79 Å². The minimum atomic E-state index is -0.212. The summed E-state index contributed by atoms with van der Waals surface area (Å²) in [7, 11) is 0. The van der Waals surface area contributed by atoms with Gasteiger partial charge in [-0.05, 0) is 18.6 Å². The van der Waals surface area contributed by atoms with Gasteiger partial charge in [0.15, 0.2) is 12.4 Å². The number of ether oxygens (including phenoxy) is 1. The SMILES string of the molecule is CCCNC(=O)COc1c(C#N)oc2ccccc12. The molecule has 1 aromatic carbocycles. The first-order valence-electron chi connectivity index (χ1n) is 6.07. The zero-order valence-corrected chi connectivity index (χ0v) is 10.6. The van der Waals surface area contributed by atoms with Crippen molar-refractivity contribution in [3.05, 3.63) is 30.0 Å². The van der Waals surface area contributed by atoms with Crippen LogP contribution in [-0.4, -0.2) is 19.1 Å². The lowest BCUT2D eigenvalue weighted by molar-refractivity contribution is -0.123. The van der Waals surface area contributed by atoms with Crippen LogP contribution in [0, 0.1) is 11.3 Å². The first-order valence-corrected chi connectivity index (χ1v) is 6.07. The third kappa shape index (κ3) is 2.86. The summed E-state index contributed by atoms with van der Waals surface area (Å²) in [6.07, 6.45) is 0.865. The first-order chi connectivity index (χ1) is 9.26. The second kappa shape index (κ2) is 5.91. The molecule has 1 aromatic heterocycles. The van der Waals surface area contributed by atoms with Crippen molar-refractivity contribution in [2.45, 2.75) is 13.3 Å². The van der Waals surface area contributed by atoms with E-state index in [1.165, 1.54) is 0 Å². The van der Waals surface area contributed by atoms with Crippen molar-refractivity contribution in [1.82, 2.24) is 5.32 Å². The van der Waals surface area contributed by atoms with Gasteiger partial charge in [0.2, 0.25) is 5.76 Å². The zero-order valence-electron chi connectivity index (χ0n) is 10.6. The average molecular weight is 258 g/mol. The fourth-order valence-electron chi connectivity index (χ4n) is 1.69. The highest BCUT2D eigenvalue weighted by Crippen LogP contribution is 2.32. The Morgan fingerprint density at radius 1 is 1.47 bits per heavy atom. The van der Waals surface area contributed by atoms with Crippen LogP contribution in [0.2, 0.25) is 0 Å². The van der Waals surface area contributed by atoms with Crippen molar-refractivity contribution in [2.24, 2.45) is 0 Å². The summed E-state index contributed by atoms with van der Waals surface area (Å²) >= 11 is 0. The molecule has 0 saturated heterocycles. The molecule has 2 rings (SSSR count). The lowest BCUT2D eigenvalue weighted by atomic mass is 10.2. The molecule has 0 radical (unpaired) electrons. The fraction of sp³-hybridized carbons (Fsp3) is 0.286. The Morgan fingerprint density at radius 2 is 2.26 bits per heavy atom. The number of furan rings is 1. The molecule has 0 spiro atoms. The average Bonchev–Trinajstić information content (AvgIpc) is 2.80. The third-order valence-corrected chi connectivity index (χ3v) is 2.57. The molecule has 1 heterocycles. The molecule has 0 atom stereocenters. The monoisotopic (exact) mass is 258 g/mol. The standard InChI is InChI=1S/C14H14N2O3/c1-2-7-16-13(17)9-18-14-10-5-3-4-6-11(10)19-12(14)8-15/h3-6H,2,7,9H2,1H3,(H,16,17). The van der Waals surface area contributed by atoms with E-state index in [2.05, 4.69) is 5.32 Å². The Labute approximate surface area is 110 Å². The Hall–Kier alpha value is -2.48. The van der Waals surface area contributed by atoms with E-state index in [-0.39, 0.29) is 18.3 Å². The van der Waals surface area contributed by atoms with Gasteiger partial charge in [0, 0.05) is 6.54 Å². The van der Waals surface area contributed by atoms with Gasteiger partial charge in [-0.25, -0.2) is 0 Å². The van der Waals surface area contributed by atoms with Crippen LogP contribution in [0.1, 0.15) is 19.1 Å². The largest absolute Gasteiger partial charge is 0.478 e. The van der Waals surface area contributed by atoms with Gasteiger partial charge < -0.3 is 14.5 Å². The van der Waals surface area contributed by atoms with Crippen molar-refractivity contribution in [1.29, 1.82) is 5.26 Å². The number of carbonyl (C=O) groups excluding carboxylic acids is 1. The Bertz CT molecular complexity index is 625. The van der Waals surface area contributed by atoms with E-state index in [1.54, 1.807) is 12.1 Å². The van der Waals surface area contributed by atoms with Gasteiger partial charge in [-0.15, -0.1) is 0 Å². The third-order valence-electron chi connectivity index (χ3n) is 2.57. The second-order valence-electron chi connectivity index (χ2n) is 4.01.